The number of aliphatic carboxylic acids is 1. The van der Waals surface area contributed by atoms with Crippen LogP contribution >= 0.6 is 0 Å². The fraction of sp³-hybridized carbons (Fsp3) is 0.455. The van der Waals surface area contributed by atoms with Crippen molar-refractivity contribution in [1.29, 1.82) is 0 Å². The van der Waals surface area contributed by atoms with E-state index in [4.69, 9.17) is 5.11 Å². The van der Waals surface area contributed by atoms with Gasteiger partial charge in [0.05, 0.1) is 0 Å². The third-order valence-corrected chi connectivity index (χ3v) is 2.58. The lowest BCUT2D eigenvalue weighted by Gasteiger charge is -2.01. The van der Waals surface area contributed by atoms with Crippen LogP contribution in [0.3, 0.4) is 0 Å². The number of hydrogen-bond acceptors (Lipinski definition) is 4. The van der Waals surface area contributed by atoms with E-state index in [1.807, 2.05) is 6.92 Å². The van der Waals surface area contributed by atoms with Crippen molar-refractivity contribution < 1.29 is 9.90 Å². The summed E-state index contributed by atoms with van der Waals surface area (Å²) in [6, 6.07) is 1.72. The Morgan fingerprint density at radius 1 is 1.50 bits per heavy atom. The highest BCUT2D eigenvalue weighted by molar-refractivity contribution is 5.66. The summed E-state index contributed by atoms with van der Waals surface area (Å²) in [6.45, 7) is 3.31. The maximum atomic E-state index is 11.9. The largest absolute Gasteiger partial charge is 0.480 e. The lowest BCUT2D eigenvalue weighted by atomic mass is 10.2. The second kappa shape index (κ2) is 4.59. The van der Waals surface area contributed by atoms with E-state index in [-0.39, 0.29) is 0 Å². The van der Waals surface area contributed by atoms with Crippen LogP contribution in [0.15, 0.2) is 10.9 Å². The summed E-state index contributed by atoms with van der Waals surface area (Å²) in [5.41, 5.74) is 0.827. The maximum absolute atomic E-state index is 11.9. The first kappa shape index (κ1) is 12.3. The fourth-order valence-electron chi connectivity index (χ4n) is 1.88. The van der Waals surface area contributed by atoms with Crippen LogP contribution in [0.25, 0.3) is 5.65 Å². The van der Waals surface area contributed by atoms with Crippen LogP contribution in [-0.2, 0) is 17.8 Å². The van der Waals surface area contributed by atoms with E-state index >= 15 is 0 Å². The van der Waals surface area contributed by atoms with Gasteiger partial charge in [-0.05, 0) is 13.3 Å². The predicted molar refractivity (Wildman–Crippen MR) is 63.6 cm³/mol. The summed E-state index contributed by atoms with van der Waals surface area (Å²) in [7, 11) is 0. The van der Waals surface area contributed by atoms with Crippen LogP contribution in [0.1, 0.15) is 24.9 Å². The van der Waals surface area contributed by atoms with Gasteiger partial charge in [0, 0.05) is 11.8 Å². The summed E-state index contributed by atoms with van der Waals surface area (Å²) in [6.07, 6.45) is 1.75. The van der Waals surface area contributed by atoms with Crippen molar-refractivity contribution in [2.24, 2.45) is 0 Å². The number of fused-ring (bicyclic) bond motifs is 1. The van der Waals surface area contributed by atoms with Gasteiger partial charge in [-0.25, -0.2) is 18.9 Å². The summed E-state index contributed by atoms with van der Waals surface area (Å²) >= 11 is 0. The molecule has 0 aliphatic rings. The van der Waals surface area contributed by atoms with Gasteiger partial charge in [-0.1, -0.05) is 13.3 Å². The van der Waals surface area contributed by atoms with E-state index in [0.717, 1.165) is 23.2 Å². The number of hydrogen-bond donors (Lipinski definition) is 1. The molecule has 2 rings (SSSR count). The second-order valence-corrected chi connectivity index (χ2v) is 4.07. The van der Waals surface area contributed by atoms with Crippen molar-refractivity contribution in [3.63, 3.8) is 0 Å². The highest BCUT2D eigenvalue weighted by Gasteiger charge is 2.12. The Morgan fingerprint density at radius 2 is 2.22 bits per heavy atom. The number of aryl methyl sites for hydroxylation is 2. The number of nitrogens with zero attached hydrogens (tertiary/aromatic N) is 4. The van der Waals surface area contributed by atoms with Crippen LogP contribution in [0.2, 0.25) is 0 Å². The molecule has 0 radical (unpaired) electrons. The molecule has 18 heavy (non-hydrogen) atoms. The predicted octanol–water partition coefficient (Wildman–Crippen LogP) is 0.237. The molecular weight excluding hydrogens is 236 g/mol. The smallest absolute Gasteiger partial charge is 0.352 e. The third kappa shape index (κ3) is 2.11. The van der Waals surface area contributed by atoms with E-state index in [9.17, 15) is 9.59 Å². The molecule has 0 amide bonds. The first-order chi connectivity index (χ1) is 8.52. The minimum Gasteiger partial charge on any atom is -0.480 e. The highest BCUT2D eigenvalue weighted by atomic mass is 16.4. The minimum absolute atomic E-state index is 0.441. The number of rotatable bonds is 4. The summed E-state index contributed by atoms with van der Waals surface area (Å²) < 4.78 is 2.25. The Labute approximate surface area is 103 Å². The fourth-order valence-corrected chi connectivity index (χ4v) is 1.88. The normalized spacial score (nSPS) is 11.0. The van der Waals surface area contributed by atoms with Gasteiger partial charge in [0.15, 0.2) is 5.65 Å². The van der Waals surface area contributed by atoms with Gasteiger partial charge in [-0.3, -0.25) is 4.79 Å². The monoisotopic (exact) mass is 250 g/mol. The average Bonchev–Trinajstić information content (AvgIpc) is 2.55. The molecule has 2 aromatic rings. The van der Waals surface area contributed by atoms with Gasteiger partial charge >= 0.3 is 11.7 Å². The quantitative estimate of drug-likeness (QED) is 0.839. The molecule has 1 N–H and O–H groups in total. The van der Waals surface area contributed by atoms with Crippen LogP contribution in [0, 0.1) is 6.92 Å². The lowest BCUT2D eigenvalue weighted by Crippen LogP contribution is -2.25. The highest BCUT2D eigenvalue weighted by Crippen LogP contribution is 2.05. The van der Waals surface area contributed by atoms with Crippen LogP contribution in [0.5, 0.6) is 0 Å². The Balaban J connectivity index is 2.60. The van der Waals surface area contributed by atoms with E-state index in [2.05, 4.69) is 10.1 Å². The standard InChI is InChI=1S/C11H14N4O3/c1-3-4-8-5-9-13-14(6-10(16)17)11(18)15(9)7(2)12-8/h5H,3-4,6H2,1-2H3,(H,16,17). The van der Waals surface area contributed by atoms with E-state index in [0.29, 0.717) is 11.5 Å². The summed E-state index contributed by atoms with van der Waals surface area (Å²) in [4.78, 5) is 26.8. The number of carboxylic acids is 1. The Morgan fingerprint density at radius 3 is 2.83 bits per heavy atom. The van der Waals surface area contributed by atoms with Gasteiger partial charge in [0.1, 0.15) is 12.4 Å². The third-order valence-electron chi connectivity index (χ3n) is 2.58. The van der Waals surface area contributed by atoms with Crippen molar-refractivity contribution in [3.05, 3.63) is 28.1 Å². The molecule has 7 heteroatoms. The molecule has 2 aromatic heterocycles. The van der Waals surface area contributed by atoms with Gasteiger partial charge in [0.2, 0.25) is 0 Å². The zero-order chi connectivity index (χ0) is 13.3. The van der Waals surface area contributed by atoms with E-state index in [1.165, 1.54) is 4.40 Å². The molecule has 0 aliphatic carbocycles. The van der Waals surface area contributed by atoms with Crippen LogP contribution < -0.4 is 5.69 Å². The molecule has 2 heterocycles. The van der Waals surface area contributed by atoms with Crippen LogP contribution in [0.4, 0.5) is 0 Å². The molecule has 0 saturated heterocycles. The molecule has 0 bridgehead atoms. The van der Waals surface area contributed by atoms with Crippen LogP contribution in [-0.4, -0.2) is 30.2 Å². The molecule has 96 valence electrons. The molecule has 0 aromatic carbocycles. The molecule has 0 fully saturated rings. The zero-order valence-corrected chi connectivity index (χ0v) is 10.3. The van der Waals surface area contributed by atoms with Gasteiger partial charge in [-0.2, -0.15) is 0 Å². The molecule has 7 nitrogen and oxygen atoms in total. The van der Waals surface area contributed by atoms with Crippen molar-refractivity contribution in [2.45, 2.75) is 33.2 Å². The molecule has 0 aliphatic heterocycles. The summed E-state index contributed by atoms with van der Waals surface area (Å²) in [5.74, 6) is -0.572. The average molecular weight is 250 g/mol. The van der Waals surface area contributed by atoms with Crippen molar-refractivity contribution in [2.75, 3.05) is 0 Å². The second-order valence-electron chi connectivity index (χ2n) is 4.07. The first-order valence-corrected chi connectivity index (χ1v) is 5.70. The first-order valence-electron chi connectivity index (χ1n) is 5.70. The topological polar surface area (TPSA) is 89.5 Å². The van der Waals surface area contributed by atoms with Gasteiger partial charge < -0.3 is 5.11 Å². The number of carboxylic acid groups (broad SMARTS) is 1. The molecule has 0 unspecified atom stereocenters. The SMILES string of the molecule is CCCc1cc2nn(CC(=O)O)c(=O)n2c(C)n1. The van der Waals surface area contributed by atoms with Crippen molar-refractivity contribution >= 4 is 11.6 Å². The lowest BCUT2D eigenvalue weighted by molar-refractivity contribution is -0.137. The Hall–Kier alpha value is -2.18. The zero-order valence-electron chi connectivity index (χ0n) is 10.3. The maximum Gasteiger partial charge on any atom is 0.352 e. The molecule has 0 saturated carbocycles. The molecular formula is C11H14N4O3. The Bertz CT molecular complexity index is 656. The van der Waals surface area contributed by atoms with Crippen molar-refractivity contribution in [3.8, 4) is 0 Å². The van der Waals surface area contributed by atoms with E-state index < -0.39 is 18.2 Å². The Kier molecular flexibility index (Phi) is 3.14. The van der Waals surface area contributed by atoms with E-state index in [1.54, 1.807) is 13.0 Å². The van der Waals surface area contributed by atoms with Gasteiger partial charge in [-0.15, -0.1) is 5.10 Å². The van der Waals surface area contributed by atoms with Crippen molar-refractivity contribution in [1.82, 2.24) is 19.2 Å². The molecule has 0 atom stereocenters. The minimum atomic E-state index is -1.10. The summed E-state index contributed by atoms with van der Waals surface area (Å²) in [5, 5.41) is 12.7. The number of aromatic nitrogens is 4. The van der Waals surface area contributed by atoms with Gasteiger partial charge in [0.25, 0.3) is 0 Å². The molecule has 0 spiro atoms. The number of carbonyl (C=O) groups is 1.